The minimum atomic E-state index is -0.184. The smallest absolute Gasteiger partial charge is 0.275 e. The van der Waals surface area contributed by atoms with Crippen LogP contribution in [-0.4, -0.2) is 36.5 Å². The molecule has 6 heteroatoms. The number of carbonyl (C=O) groups excluding carboxylic acids is 1. The molecule has 0 aromatic carbocycles. The second-order valence-electron chi connectivity index (χ2n) is 5.20. The summed E-state index contributed by atoms with van der Waals surface area (Å²) in [5.41, 5.74) is 3.32. The lowest BCUT2D eigenvalue weighted by molar-refractivity contribution is 0.0954. The maximum atomic E-state index is 11.8. The maximum absolute atomic E-state index is 11.8. The molecule has 0 bridgehead atoms. The van der Waals surface area contributed by atoms with E-state index in [4.69, 9.17) is 5.84 Å². The van der Waals surface area contributed by atoms with Crippen LogP contribution in [0.4, 0.5) is 0 Å². The van der Waals surface area contributed by atoms with Gasteiger partial charge in [0.15, 0.2) is 0 Å². The van der Waals surface area contributed by atoms with E-state index in [0.29, 0.717) is 6.04 Å². The number of nitrogens with one attached hydrogen (secondary N) is 2. The van der Waals surface area contributed by atoms with Gasteiger partial charge in [0.05, 0.1) is 4.88 Å². The molecule has 2 heterocycles. The number of carbonyl (C=O) groups is 1. The fourth-order valence-corrected chi connectivity index (χ4v) is 3.61. The summed E-state index contributed by atoms with van der Waals surface area (Å²) < 4.78 is 0. The molecule has 20 heavy (non-hydrogen) atoms. The molecule has 112 valence electrons. The predicted octanol–water partition coefficient (Wildman–Crippen LogP) is 1.32. The first-order valence-corrected chi connectivity index (χ1v) is 8.16. The van der Waals surface area contributed by atoms with Gasteiger partial charge in [-0.25, -0.2) is 5.84 Å². The fourth-order valence-electron chi connectivity index (χ4n) is 2.79. The minimum Gasteiger partial charge on any atom is -0.317 e. The Morgan fingerprint density at radius 3 is 2.95 bits per heavy atom. The molecule has 2 rings (SSSR count). The normalized spacial score (nSPS) is 16.6. The third-order valence-corrected chi connectivity index (χ3v) is 4.75. The number of thiophene rings is 1. The van der Waals surface area contributed by atoms with Crippen molar-refractivity contribution in [3.63, 3.8) is 0 Å². The summed E-state index contributed by atoms with van der Waals surface area (Å²) in [6.07, 6.45) is 3.50. The molecule has 5 nitrogen and oxygen atoms in total. The average molecular weight is 296 g/mol. The van der Waals surface area contributed by atoms with Gasteiger partial charge in [-0.15, -0.1) is 11.3 Å². The van der Waals surface area contributed by atoms with Crippen molar-refractivity contribution in [1.82, 2.24) is 15.6 Å². The molecule has 0 aliphatic carbocycles. The largest absolute Gasteiger partial charge is 0.317 e. The molecule has 1 aliphatic heterocycles. The third kappa shape index (κ3) is 3.79. The van der Waals surface area contributed by atoms with Gasteiger partial charge in [-0.1, -0.05) is 6.92 Å². The Labute approximate surface area is 124 Å². The van der Waals surface area contributed by atoms with Gasteiger partial charge in [0.2, 0.25) is 0 Å². The van der Waals surface area contributed by atoms with Gasteiger partial charge >= 0.3 is 0 Å². The SMILES string of the molecule is CCCN(Cc1ccsc1C(=O)NN)C1CCNCC1. The molecule has 0 spiro atoms. The molecule has 0 atom stereocenters. The van der Waals surface area contributed by atoms with Gasteiger partial charge in [0, 0.05) is 12.6 Å². The number of hydrazine groups is 1. The van der Waals surface area contributed by atoms with Gasteiger partial charge < -0.3 is 5.32 Å². The number of nitrogens with zero attached hydrogens (tertiary/aromatic N) is 1. The first kappa shape index (κ1) is 15.4. The van der Waals surface area contributed by atoms with Crippen molar-refractivity contribution in [1.29, 1.82) is 0 Å². The predicted molar refractivity (Wildman–Crippen MR) is 82.6 cm³/mol. The fraction of sp³-hybridized carbons (Fsp3) is 0.643. The second kappa shape index (κ2) is 7.73. The number of amides is 1. The Hall–Kier alpha value is -0.950. The summed E-state index contributed by atoms with van der Waals surface area (Å²) in [6.45, 7) is 6.29. The van der Waals surface area contributed by atoms with Gasteiger partial charge in [-0.2, -0.15) is 0 Å². The van der Waals surface area contributed by atoms with E-state index in [2.05, 4.69) is 22.6 Å². The lowest BCUT2D eigenvalue weighted by atomic mass is 10.0. The van der Waals surface area contributed by atoms with Crippen LogP contribution in [0.2, 0.25) is 0 Å². The highest BCUT2D eigenvalue weighted by molar-refractivity contribution is 7.12. The molecule has 1 aliphatic rings. The number of nitrogen functional groups attached to an aromatic ring is 1. The van der Waals surface area contributed by atoms with E-state index >= 15 is 0 Å². The zero-order valence-electron chi connectivity index (χ0n) is 12.0. The summed E-state index contributed by atoms with van der Waals surface area (Å²) in [6, 6.07) is 2.66. The van der Waals surface area contributed by atoms with Crippen LogP contribution in [0.25, 0.3) is 0 Å². The molecule has 1 amide bonds. The minimum absolute atomic E-state index is 0.184. The van der Waals surface area contributed by atoms with Crippen molar-refractivity contribution >= 4 is 17.2 Å². The van der Waals surface area contributed by atoms with Crippen LogP contribution < -0.4 is 16.6 Å². The monoisotopic (exact) mass is 296 g/mol. The first-order chi connectivity index (χ1) is 9.76. The van der Waals surface area contributed by atoms with Gasteiger partial charge in [0.1, 0.15) is 0 Å². The quantitative estimate of drug-likeness (QED) is 0.421. The lowest BCUT2D eigenvalue weighted by Gasteiger charge is -2.34. The Bertz CT molecular complexity index is 429. The van der Waals surface area contributed by atoms with Crippen LogP contribution in [0.15, 0.2) is 11.4 Å². The van der Waals surface area contributed by atoms with Gasteiger partial charge in [0.25, 0.3) is 5.91 Å². The molecular weight excluding hydrogens is 272 g/mol. The van der Waals surface area contributed by atoms with E-state index in [1.165, 1.54) is 24.2 Å². The summed E-state index contributed by atoms with van der Waals surface area (Å²) in [5, 5.41) is 5.37. The maximum Gasteiger partial charge on any atom is 0.275 e. The van der Waals surface area contributed by atoms with Gasteiger partial charge in [-0.05, 0) is 55.9 Å². The summed E-state index contributed by atoms with van der Waals surface area (Å²) in [4.78, 5) is 15.0. The Kier molecular flexibility index (Phi) is 5.97. The van der Waals surface area contributed by atoms with Crippen LogP contribution >= 0.6 is 11.3 Å². The highest BCUT2D eigenvalue weighted by Crippen LogP contribution is 2.22. The molecule has 0 saturated carbocycles. The first-order valence-electron chi connectivity index (χ1n) is 7.28. The topological polar surface area (TPSA) is 70.4 Å². The Morgan fingerprint density at radius 2 is 2.30 bits per heavy atom. The number of rotatable bonds is 6. The van der Waals surface area contributed by atoms with Crippen molar-refractivity contribution in [2.24, 2.45) is 5.84 Å². The highest BCUT2D eigenvalue weighted by atomic mass is 32.1. The molecule has 1 fully saturated rings. The average Bonchev–Trinajstić information content (AvgIpc) is 2.95. The van der Waals surface area contributed by atoms with E-state index < -0.39 is 0 Å². The number of hydrogen-bond acceptors (Lipinski definition) is 5. The molecular formula is C14H24N4OS. The van der Waals surface area contributed by atoms with Crippen LogP contribution in [-0.2, 0) is 6.54 Å². The zero-order chi connectivity index (χ0) is 14.4. The van der Waals surface area contributed by atoms with Crippen molar-refractivity contribution < 1.29 is 4.79 Å². The van der Waals surface area contributed by atoms with Crippen LogP contribution in [0.5, 0.6) is 0 Å². The zero-order valence-corrected chi connectivity index (χ0v) is 12.8. The van der Waals surface area contributed by atoms with Crippen molar-refractivity contribution in [2.75, 3.05) is 19.6 Å². The Balaban J connectivity index is 2.07. The van der Waals surface area contributed by atoms with Crippen molar-refractivity contribution in [3.05, 3.63) is 21.9 Å². The van der Waals surface area contributed by atoms with Crippen LogP contribution in [0.3, 0.4) is 0 Å². The molecule has 1 aromatic heterocycles. The Morgan fingerprint density at radius 1 is 1.55 bits per heavy atom. The molecule has 4 N–H and O–H groups in total. The second-order valence-corrected chi connectivity index (χ2v) is 6.12. The molecule has 0 unspecified atom stereocenters. The number of nitrogens with two attached hydrogens (primary N) is 1. The third-order valence-electron chi connectivity index (χ3n) is 3.79. The van der Waals surface area contributed by atoms with E-state index in [0.717, 1.165) is 43.0 Å². The highest BCUT2D eigenvalue weighted by Gasteiger charge is 2.22. The molecule has 1 saturated heterocycles. The number of hydrogen-bond donors (Lipinski definition) is 3. The van der Waals surface area contributed by atoms with Gasteiger partial charge in [-0.3, -0.25) is 15.1 Å². The molecule has 1 aromatic rings. The molecule has 0 radical (unpaired) electrons. The number of piperidine rings is 1. The summed E-state index contributed by atoms with van der Waals surface area (Å²) >= 11 is 1.46. The standard InChI is InChI=1S/C14H24N4OS/c1-2-8-18(12-3-6-16-7-4-12)10-11-5-9-20-13(11)14(19)17-15/h5,9,12,16H,2-4,6-8,10,15H2,1H3,(H,17,19). The van der Waals surface area contributed by atoms with E-state index in [1.807, 2.05) is 11.4 Å². The van der Waals surface area contributed by atoms with Crippen LogP contribution in [0, 0.1) is 0 Å². The van der Waals surface area contributed by atoms with Crippen molar-refractivity contribution in [3.8, 4) is 0 Å². The summed E-state index contributed by atoms with van der Waals surface area (Å²) in [7, 11) is 0. The van der Waals surface area contributed by atoms with E-state index in [1.54, 1.807) is 0 Å². The van der Waals surface area contributed by atoms with E-state index in [-0.39, 0.29) is 5.91 Å². The van der Waals surface area contributed by atoms with Crippen molar-refractivity contribution in [2.45, 2.75) is 38.8 Å². The summed E-state index contributed by atoms with van der Waals surface area (Å²) in [5.74, 6) is 5.07. The van der Waals surface area contributed by atoms with Crippen LogP contribution in [0.1, 0.15) is 41.4 Å². The lowest BCUT2D eigenvalue weighted by Crippen LogP contribution is -2.43. The van der Waals surface area contributed by atoms with E-state index in [9.17, 15) is 4.79 Å².